The number of hydrogen-bond acceptors (Lipinski definition) is 2. The molecular weight excluding hydrogens is 389 g/mol. The SMILES string of the molecule is Cc1ccc(NC(=O)c2cnc3c(C(F)(F)F)cccc3c2-c2ccccc2)cc1. The maximum atomic E-state index is 13.5. The molecule has 30 heavy (non-hydrogen) atoms. The summed E-state index contributed by atoms with van der Waals surface area (Å²) in [4.78, 5) is 17.1. The minimum atomic E-state index is -4.55. The minimum Gasteiger partial charge on any atom is -0.322 e. The van der Waals surface area contributed by atoms with Crippen LogP contribution < -0.4 is 5.32 Å². The Morgan fingerprint density at radius 1 is 0.900 bits per heavy atom. The first-order valence-corrected chi connectivity index (χ1v) is 9.27. The Morgan fingerprint density at radius 3 is 2.27 bits per heavy atom. The Labute approximate surface area is 171 Å². The van der Waals surface area contributed by atoms with Crippen LogP contribution in [0, 0.1) is 6.92 Å². The van der Waals surface area contributed by atoms with E-state index in [9.17, 15) is 18.0 Å². The number of rotatable bonds is 3. The van der Waals surface area contributed by atoms with Gasteiger partial charge in [-0.2, -0.15) is 13.2 Å². The first kappa shape index (κ1) is 19.6. The number of carbonyl (C=O) groups is 1. The van der Waals surface area contributed by atoms with Crippen molar-refractivity contribution in [1.82, 2.24) is 4.98 Å². The minimum absolute atomic E-state index is 0.185. The van der Waals surface area contributed by atoms with Crippen molar-refractivity contribution in [3.05, 3.63) is 95.7 Å². The molecule has 1 amide bonds. The third-order valence-electron chi connectivity index (χ3n) is 4.82. The first-order chi connectivity index (χ1) is 14.3. The van der Waals surface area contributed by atoms with Crippen molar-refractivity contribution in [2.75, 3.05) is 5.32 Å². The third-order valence-corrected chi connectivity index (χ3v) is 4.82. The number of anilines is 1. The fraction of sp³-hybridized carbons (Fsp3) is 0.0833. The van der Waals surface area contributed by atoms with Crippen LogP contribution in [0.2, 0.25) is 0 Å². The predicted molar refractivity (Wildman–Crippen MR) is 111 cm³/mol. The van der Waals surface area contributed by atoms with Crippen LogP contribution in [0.1, 0.15) is 21.5 Å². The second-order valence-corrected chi connectivity index (χ2v) is 6.93. The zero-order chi connectivity index (χ0) is 21.3. The van der Waals surface area contributed by atoms with Crippen LogP contribution in [0.15, 0.2) is 79.0 Å². The topological polar surface area (TPSA) is 42.0 Å². The molecule has 0 aliphatic heterocycles. The highest BCUT2D eigenvalue weighted by Gasteiger charge is 2.34. The molecule has 150 valence electrons. The number of carbonyl (C=O) groups excluding carboxylic acids is 1. The Morgan fingerprint density at radius 2 is 1.60 bits per heavy atom. The molecule has 4 rings (SSSR count). The zero-order valence-corrected chi connectivity index (χ0v) is 16.0. The van der Waals surface area contributed by atoms with Crippen molar-refractivity contribution in [1.29, 1.82) is 0 Å². The van der Waals surface area contributed by atoms with E-state index in [0.29, 0.717) is 16.8 Å². The van der Waals surface area contributed by atoms with Crippen LogP contribution in [0.4, 0.5) is 18.9 Å². The molecular formula is C24H17F3N2O. The van der Waals surface area contributed by atoms with Gasteiger partial charge in [0.25, 0.3) is 5.91 Å². The standard InChI is InChI=1S/C24H17F3N2O/c1-15-10-12-17(13-11-15)29-23(30)19-14-28-22-18(8-5-9-20(22)24(25,26)27)21(19)16-6-3-2-4-7-16/h2-14H,1H3,(H,29,30). The first-order valence-electron chi connectivity index (χ1n) is 9.27. The van der Waals surface area contributed by atoms with Crippen molar-refractivity contribution in [2.24, 2.45) is 0 Å². The van der Waals surface area contributed by atoms with E-state index in [1.54, 1.807) is 48.5 Å². The molecule has 0 radical (unpaired) electrons. The van der Waals surface area contributed by atoms with Gasteiger partial charge in [0.2, 0.25) is 0 Å². The van der Waals surface area contributed by atoms with Gasteiger partial charge in [-0.1, -0.05) is 60.2 Å². The Balaban J connectivity index is 1.91. The number of pyridine rings is 1. The van der Waals surface area contributed by atoms with Crippen molar-refractivity contribution < 1.29 is 18.0 Å². The Hall–Kier alpha value is -3.67. The van der Waals surface area contributed by atoms with E-state index < -0.39 is 17.6 Å². The van der Waals surface area contributed by atoms with Crippen molar-refractivity contribution in [3.63, 3.8) is 0 Å². The number of aromatic nitrogens is 1. The van der Waals surface area contributed by atoms with Crippen molar-refractivity contribution in [2.45, 2.75) is 13.1 Å². The largest absolute Gasteiger partial charge is 0.418 e. The summed E-state index contributed by atoms with van der Waals surface area (Å²) in [6, 6.07) is 20.0. The van der Waals surface area contributed by atoms with E-state index in [-0.39, 0.29) is 16.5 Å². The second kappa shape index (κ2) is 7.63. The quantitative estimate of drug-likeness (QED) is 0.423. The lowest BCUT2D eigenvalue weighted by atomic mass is 9.94. The number of aryl methyl sites for hydroxylation is 1. The molecule has 1 heterocycles. The molecule has 0 spiro atoms. The number of amides is 1. The van der Waals surface area contributed by atoms with Crippen LogP contribution in [-0.4, -0.2) is 10.9 Å². The molecule has 0 unspecified atom stereocenters. The van der Waals surface area contributed by atoms with E-state index in [2.05, 4.69) is 10.3 Å². The van der Waals surface area contributed by atoms with Gasteiger partial charge in [0.15, 0.2) is 0 Å². The molecule has 6 heteroatoms. The maximum Gasteiger partial charge on any atom is 0.418 e. The zero-order valence-electron chi connectivity index (χ0n) is 16.0. The lowest BCUT2D eigenvalue weighted by Gasteiger charge is -2.16. The van der Waals surface area contributed by atoms with Gasteiger partial charge >= 0.3 is 6.18 Å². The van der Waals surface area contributed by atoms with Gasteiger partial charge < -0.3 is 5.32 Å². The molecule has 1 N–H and O–H groups in total. The van der Waals surface area contributed by atoms with E-state index in [1.165, 1.54) is 12.3 Å². The summed E-state index contributed by atoms with van der Waals surface area (Å²) in [5, 5.41) is 3.07. The van der Waals surface area contributed by atoms with Crippen molar-refractivity contribution >= 4 is 22.5 Å². The number of nitrogens with one attached hydrogen (secondary N) is 1. The van der Waals surface area contributed by atoms with E-state index >= 15 is 0 Å². The summed E-state index contributed by atoms with van der Waals surface area (Å²) in [5.41, 5.74) is 1.88. The van der Waals surface area contributed by atoms with Gasteiger partial charge in [-0.3, -0.25) is 9.78 Å². The number of alkyl halides is 3. The third kappa shape index (κ3) is 3.76. The van der Waals surface area contributed by atoms with Crippen LogP contribution >= 0.6 is 0 Å². The van der Waals surface area contributed by atoms with Gasteiger partial charge in [-0.25, -0.2) is 0 Å². The smallest absolute Gasteiger partial charge is 0.322 e. The van der Waals surface area contributed by atoms with Crippen LogP contribution in [0.3, 0.4) is 0 Å². The van der Waals surface area contributed by atoms with Crippen LogP contribution in [0.25, 0.3) is 22.0 Å². The normalized spacial score (nSPS) is 11.5. The number of benzene rings is 3. The number of hydrogen-bond donors (Lipinski definition) is 1. The highest BCUT2D eigenvalue weighted by atomic mass is 19.4. The molecule has 4 aromatic rings. The van der Waals surface area contributed by atoms with Gasteiger partial charge in [0.05, 0.1) is 16.6 Å². The summed E-state index contributed by atoms with van der Waals surface area (Å²) < 4.78 is 40.5. The lowest BCUT2D eigenvalue weighted by Crippen LogP contribution is -2.15. The summed E-state index contributed by atoms with van der Waals surface area (Å²) in [6.07, 6.45) is -3.34. The van der Waals surface area contributed by atoms with Gasteiger partial charge in [0, 0.05) is 22.8 Å². The van der Waals surface area contributed by atoms with Gasteiger partial charge in [-0.05, 0) is 30.7 Å². The average molecular weight is 406 g/mol. The fourth-order valence-electron chi connectivity index (χ4n) is 3.38. The number of para-hydroxylation sites is 1. The fourth-order valence-corrected chi connectivity index (χ4v) is 3.38. The number of nitrogens with zero attached hydrogens (tertiary/aromatic N) is 1. The molecule has 0 bridgehead atoms. The predicted octanol–water partition coefficient (Wildman–Crippen LogP) is 6.48. The van der Waals surface area contributed by atoms with Crippen molar-refractivity contribution in [3.8, 4) is 11.1 Å². The van der Waals surface area contributed by atoms with Crippen LogP contribution in [0.5, 0.6) is 0 Å². The molecule has 0 saturated carbocycles. The Kier molecular flexibility index (Phi) is 4.99. The number of fused-ring (bicyclic) bond motifs is 1. The van der Waals surface area contributed by atoms with E-state index in [4.69, 9.17) is 0 Å². The molecule has 1 aromatic heterocycles. The lowest BCUT2D eigenvalue weighted by molar-refractivity contribution is -0.136. The molecule has 0 fully saturated rings. The molecule has 3 nitrogen and oxygen atoms in total. The summed E-state index contributed by atoms with van der Waals surface area (Å²) >= 11 is 0. The van der Waals surface area contributed by atoms with Gasteiger partial charge in [0.1, 0.15) is 0 Å². The highest BCUT2D eigenvalue weighted by molar-refractivity contribution is 6.13. The average Bonchev–Trinajstić information content (AvgIpc) is 2.74. The highest BCUT2D eigenvalue weighted by Crippen LogP contribution is 2.38. The number of halogens is 3. The summed E-state index contributed by atoms with van der Waals surface area (Å²) in [7, 11) is 0. The monoisotopic (exact) mass is 406 g/mol. The maximum absolute atomic E-state index is 13.5. The molecule has 0 aliphatic carbocycles. The second-order valence-electron chi connectivity index (χ2n) is 6.93. The van der Waals surface area contributed by atoms with E-state index in [0.717, 1.165) is 11.6 Å². The van der Waals surface area contributed by atoms with E-state index in [1.807, 2.05) is 19.1 Å². The molecule has 0 atom stereocenters. The molecule has 3 aromatic carbocycles. The van der Waals surface area contributed by atoms with Gasteiger partial charge in [-0.15, -0.1) is 0 Å². The molecule has 0 saturated heterocycles. The molecule has 0 aliphatic rings. The Bertz CT molecular complexity index is 1220. The summed E-state index contributed by atoms with van der Waals surface area (Å²) in [5.74, 6) is -0.440. The summed E-state index contributed by atoms with van der Waals surface area (Å²) in [6.45, 7) is 1.94. The van der Waals surface area contributed by atoms with Crippen LogP contribution in [-0.2, 0) is 6.18 Å².